The van der Waals surface area contributed by atoms with Crippen molar-refractivity contribution >= 4 is 0 Å². The van der Waals surface area contributed by atoms with Crippen molar-refractivity contribution in [3.05, 3.63) is 0 Å². The summed E-state index contributed by atoms with van der Waals surface area (Å²) < 4.78 is 17.1. The molecule has 4 heteroatoms. The standard InChI is InChI=1S/C13H23NO3/c1-15-12-4-2-3-11(12)14-7-5-13(6-8-14)16-9-10-17-13/h11-12H,2-10H2,1H3. The van der Waals surface area contributed by atoms with Crippen molar-refractivity contribution in [1.29, 1.82) is 0 Å². The van der Waals surface area contributed by atoms with E-state index in [-0.39, 0.29) is 5.79 Å². The van der Waals surface area contributed by atoms with Crippen LogP contribution >= 0.6 is 0 Å². The maximum Gasteiger partial charge on any atom is 0.170 e. The Morgan fingerprint density at radius 2 is 1.82 bits per heavy atom. The van der Waals surface area contributed by atoms with Gasteiger partial charge in [0.15, 0.2) is 5.79 Å². The molecule has 2 unspecified atom stereocenters. The largest absolute Gasteiger partial charge is 0.380 e. The lowest BCUT2D eigenvalue weighted by Gasteiger charge is -2.41. The van der Waals surface area contributed by atoms with Gasteiger partial charge in [0.25, 0.3) is 0 Å². The van der Waals surface area contributed by atoms with Crippen molar-refractivity contribution in [2.45, 2.75) is 50.0 Å². The summed E-state index contributed by atoms with van der Waals surface area (Å²) in [4.78, 5) is 2.58. The Morgan fingerprint density at radius 3 is 2.47 bits per heavy atom. The Hall–Kier alpha value is -0.160. The molecule has 2 aliphatic heterocycles. The second-order valence-electron chi connectivity index (χ2n) is 5.42. The Morgan fingerprint density at radius 1 is 1.12 bits per heavy atom. The first-order valence-electron chi connectivity index (χ1n) is 6.88. The minimum atomic E-state index is -0.238. The smallest absolute Gasteiger partial charge is 0.170 e. The van der Waals surface area contributed by atoms with E-state index in [1.807, 2.05) is 7.11 Å². The molecule has 1 saturated carbocycles. The predicted octanol–water partition coefficient (Wildman–Crippen LogP) is 1.39. The van der Waals surface area contributed by atoms with E-state index in [0.717, 1.165) is 39.1 Å². The van der Waals surface area contributed by atoms with Crippen LogP contribution < -0.4 is 0 Å². The molecular formula is C13H23NO3. The van der Waals surface area contributed by atoms with Crippen LogP contribution in [0.25, 0.3) is 0 Å². The highest BCUT2D eigenvalue weighted by molar-refractivity contribution is 4.91. The zero-order chi connectivity index (χ0) is 11.7. The van der Waals surface area contributed by atoms with E-state index in [2.05, 4.69) is 4.90 Å². The molecule has 3 fully saturated rings. The highest BCUT2D eigenvalue weighted by Gasteiger charge is 2.43. The third-order valence-corrected chi connectivity index (χ3v) is 4.56. The van der Waals surface area contributed by atoms with Gasteiger partial charge in [0, 0.05) is 39.1 Å². The number of hydrogen-bond donors (Lipinski definition) is 0. The van der Waals surface area contributed by atoms with Gasteiger partial charge in [-0.25, -0.2) is 0 Å². The summed E-state index contributed by atoms with van der Waals surface area (Å²) in [7, 11) is 1.84. The monoisotopic (exact) mass is 241 g/mol. The maximum atomic E-state index is 5.77. The van der Waals surface area contributed by atoms with Crippen molar-refractivity contribution in [1.82, 2.24) is 4.90 Å². The molecule has 98 valence electrons. The fourth-order valence-corrected chi connectivity index (χ4v) is 3.58. The van der Waals surface area contributed by atoms with Crippen molar-refractivity contribution in [3.63, 3.8) is 0 Å². The predicted molar refractivity (Wildman–Crippen MR) is 63.9 cm³/mol. The van der Waals surface area contributed by atoms with Crippen LogP contribution in [0.1, 0.15) is 32.1 Å². The van der Waals surface area contributed by atoms with Gasteiger partial charge in [-0.15, -0.1) is 0 Å². The molecule has 17 heavy (non-hydrogen) atoms. The van der Waals surface area contributed by atoms with Gasteiger partial charge < -0.3 is 14.2 Å². The van der Waals surface area contributed by atoms with Crippen molar-refractivity contribution < 1.29 is 14.2 Å². The molecule has 0 N–H and O–H groups in total. The summed E-state index contributed by atoms with van der Waals surface area (Å²) >= 11 is 0. The number of piperidine rings is 1. The molecule has 2 saturated heterocycles. The lowest BCUT2D eigenvalue weighted by Crippen LogP contribution is -2.51. The molecular weight excluding hydrogens is 218 g/mol. The van der Waals surface area contributed by atoms with Crippen LogP contribution in [-0.4, -0.2) is 56.2 Å². The summed E-state index contributed by atoms with van der Waals surface area (Å²) in [6, 6.07) is 0.624. The molecule has 0 radical (unpaired) electrons. The van der Waals surface area contributed by atoms with Crippen molar-refractivity contribution in [2.24, 2.45) is 0 Å². The number of rotatable bonds is 2. The molecule has 4 nitrogen and oxygen atoms in total. The van der Waals surface area contributed by atoms with Crippen molar-refractivity contribution in [2.75, 3.05) is 33.4 Å². The molecule has 2 heterocycles. The van der Waals surface area contributed by atoms with Crippen LogP contribution in [0.5, 0.6) is 0 Å². The van der Waals surface area contributed by atoms with Crippen molar-refractivity contribution in [3.8, 4) is 0 Å². The summed E-state index contributed by atoms with van der Waals surface area (Å²) in [6.07, 6.45) is 6.27. The first kappa shape index (κ1) is 11.9. The lowest BCUT2D eigenvalue weighted by molar-refractivity contribution is -0.190. The maximum absolute atomic E-state index is 5.77. The summed E-state index contributed by atoms with van der Waals surface area (Å²) in [5, 5.41) is 0. The van der Waals surface area contributed by atoms with Crippen LogP contribution in [0.3, 0.4) is 0 Å². The summed E-state index contributed by atoms with van der Waals surface area (Å²) in [5.74, 6) is -0.238. The van der Waals surface area contributed by atoms with Crippen LogP contribution in [0.15, 0.2) is 0 Å². The molecule has 0 aromatic carbocycles. The second-order valence-corrected chi connectivity index (χ2v) is 5.42. The molecule has 1 aliphatic carbocycles. The van der Waals surface area contributed by atoms with Gasteiger partial charge in [-0.1, -0.05) is 0 Å². The van der Waals surface area contributed by atoms with Gasteiger partial charge in [-0.2, -0.15) is 0 Å². The molecule has 0 amide bonds. The average molecular weight is 241 g/mol. The number of ether oxygens (including phenoxy) is 3. The minimum Gasteiger partial charge on any atom is -0.380 e. The van der Waals surface area contributed by atoms with Gasteiger partial charge in [0.1, 0.15) is 0 Å². The Bertz CT molecular complexity index is 255. The minimum absolute atomic E-state index is 0.238. The Balaban J connectivity index is 1.57. The van der Waals surface area contributed by atoms with Crippen LogP contribution in [0.2, 0.25) is 0 Å². The third kappa shape index (κ3) is 2.24. The number of likely N-dealkylation sites (tertiary alicyclic amines) is 1. The normalized spacial score (nSPS) is 37.9. The van der Waals surface area contributed by atoms with Crippen LogP contribution in [-0.2, 0) is 14.2 Å². The third-order valence-electron chi connectivity index (χ3n) is 4.56. The highest BCUT2D eigenvalue weighted by Crippen LogP contribution is 2.35. The van der Waals surface area contributed by atoms with Crippen LogP contribution in [0.4, 0.5) is 0 Å². The van der Waals surface area contributed by atoms with E-state index in [4.69, 9.17) is 14.2 Å². The Labute approximate surface area is 103 Å². The number of hydrogen-bond acceptors (Lipinski definition) is 4. The first-order valence-corrected chi connectivity index (χ1v) is 6.88. The summed E-state index contributed by atoms with van der Waals surface area (Å²) in [5.41, 5.74) is 0. The molecule has 0 aromatic heterocycles. The molecule has 3 aliphatic rings. The van der Waals surface area contributed by atoms with E-state index in [9.17, 15) is 0 Å². The molecule has 2 atom stereocenters. The molecule has 3 rings (SSSR count). The number of nitrogens with zero attached hydrogens (tertiary/aromatic N) is 1. The summed E-state index contributed by atoms with van der Waals surface area (Å²) in [6.45, 7) is 3.71. The van der Waals surface area contributed by atoms with Gasteiger partial charge in [-0.05, 0) is 19.3 Å². The fourth-order valence-electron chi connectivity index (χ4n) is 3.58. The molecule has 1 spiro atoms. The van der Waals surface area contributed by atoms with E-state index in [1.54, 1.807) is 0 Å². The zero-order valence-corrected chi connectivity index (χ0v) is 10.7. The van der Waals surface area contributed by atoms with Gasteiger partial charge in [-0.3, -0.25) is 4.90 Å². The van der Waals surface area contributed by atoms with Gasteiger partial charge in [0.2, 0.25) is 0 Å². The van der Waals surface area contributed by atoms with E-state index < -0.39 is 0 Å². The van der Waals surface area contributed by atoms with E-state index in [0.29, 0.717) is 12.1 Å². The first-order chi connectivity index (χ1) is 8.33. The van der Waals surface area contributed by atoms with E-state index in [1.165, 1.54) is 19.3 Å². The highest BCUT2D eigenvalue weighted by atomic mass is 16.7. The average Bonchev–Trinajstić information content (AvgIpc) is 3.00. The van der Waals surface area contributed by atoms with Gasteiger partial charge >= 0.3 is 0 Å². The van der Waals surface area contributed by atoms with Crippen LogP contribution in [0, 0.1) is 0 Å². The quantitative estimate of drug-likeness (QED) is 0.731. The van der Waals surface area contributed by atoms with E-state index >= 15 is 0 Å². The topological polar surface area (TPSA) is 30.9 Å². The second kappa shape index (κ2) is 4.84. The fraction of sp³-hybridized carbons (Fsp3) is 1.00. The lowest BCUT2D eigenvalue weighted by atomic mass is 10.0. The zero-order valence-electron chi connectivity index (χ0n) is 10.7. The SMILES string of the molecule is COC1CCCC1N1CCC2(CC1)OCCO2. The molecule has 0 bridgehead atoms. The molecule has 0 aromatic rings. The van der Waals surface area contributed by atoms with Gasteiger partial charge in [0.05, 0.1) is 19.3 Å². The Kier molecular flexibility index (Phi) is 3.39. The number of methoxy groups -OCH3 is 1.